The fourth-order valence-electron chi connectivity index (χ4n) is 2.98. The summed E-state index contributed by atoms with van der Waals surface area (Å²) in [6.45, 7) is 11.9. The van der Waals surface area contributed by atoms with E-state index in [9.17, 15) is 19.2 Å². The standard InChI is InChI=1S/C21H24Cl2N2O4.C8H15NO4/c1-13-6-7-17(19(23)18(13)22)28-16-8-9-24-14(11-16)10-15(26)12-25(5)20(27)29-21(2,3)4;1-8(2,3)13-7(12)9(4)5-6(10)11/h6-9,11H,10,12H2,1-5H3;5H2,1-4H3,(H,10,11). The third-order valence-corrected chi connectivity index (χ3v) is 5.79. The number of halogens is 2. The lowest BCUT2D eigenvalue weighted by atomic mass is 10.2. The molecule has 0 fully saturated rings. The summed E-state index contributed by atoms with van der Waals surface area (Å²) >= 11 is 12.4. The summed E-state index contributed by atoms with van der Waals surface area (Å²) in [5.74, 6) is -0.353. The predicted octanol–water partition coefficient (Wildman–Crippen LogP) is 6.41. The quantitative estimate of drug-likeness (QED) is 0.352. The summed E-state index contributed by atoms with van der Waals surface area (Å²) in [6, 6.07) is 6.84. The molecule has 232 valence electrons. The number of carbonyl (C=O) groups is 4. The first-order valence-corrected chi connectivity index (χ1v) is 13.6. The van der Waals surface area contributed by atoms with Crippen molar-refractivity contribution in [2.45, 2.75) is 66.1 Å². The number of likely N-dealkylation sites (N-methyl/N-ethyl adjacent to an activating group) is 2. The van der Waals surface area contributed by atoms with E-state index in [1.54, 1.807) is 65.9 Å². The second-order valence-electron chi connectivity index (χ2n) is 11.4. The van der Waals surface area contributed by atoms with E-state index < -0.39 is 29.4 Å². The lowest BCUT2D eigenvalue weighted by Crippen LogP contribution is -2.37. The molecule has 0 aliphatic carbocycles. The number of aromatic nitrogens is 1. The van der Waals surface area contributed by atoms with Crippen molar-refractivity contribution < 1.29 is 38.5 Å². The van der Waals surface area contributed by atoms with Crippen LogP contribution in [0.4, 0.5) is 9.59 Å². The van der Waals surface area contributed by atoms with Crippen LogP contribution in [0, 0.1) is 6.92 Å². The van der Waals surface area contributed by atoms with Crippen LogP contribution in [0.15, 0.2) is 30.5 Å². The van der Waals surface area contributed by atoms with E-state index >= 15 is 0 Å². The van der Waals surface area contributed by atoms with Gasteiger partial charge in [0.2, 0.25) is 0 Å². The lowest BCUT2D eigenvalue weighted by Gasteiger charge is -2.24. The Bertz CT molecular complexity index is 1270. The number of carboxylic acid groups (broad SMARTS) is 1. The van der Waals surface area contributed by atoms with Crippen LogP contribution in [-0.2, 0) is 25.5 Å². The fourth-order valence-corrected chi connectivity index (χ4v) is 3.39. The summed E-state index contributed by atoms with van der Waals surface area (Å²) in [5, 5.41) is 9.13. The number of rotatable bonds is 8. The van der Waals surface area contributed by atoms with Gasteiger partial charge in [0, 0.05) is 26.4 Å². The Morgan fingerprint density at radius 3 is 1.88 bits per heavy atom. The minimum absolute atomic E-state index is 0.0483. The Morgan fingerprint density at radius 1 is 0.857 bits per heavy atom. The first-order valence-electron chi connectivity index (χ1n) is 12.9. The van der Waals surface area contributed by atoms with Crippen LogP contribution in [0.5, 0.6) is 11.5 Å². The third-order valence-electron chi connectivity index (χ3n) is 4.83. The molecule has 0 saturated carbocycles. The number of pyridine rings is 1. The second kappa shape index (κ2) is 15.6. The van der Waals surface area contributed by atoms with Crippen LogP contribution in [0.2, 0.25) is 10.0 Å². The molecule has 0 radical (unpaired) electrons. The van der Waals surface area contributed by atoms with Crippen molar-refractivity contribution >= 4 is 47.1 Å². The van der Waals surface area contributed by atoms with E-state index in [0.717, 1.165) is 10.5 Å². The molecule has 1 aromatic carbocycles. The van der Waals surface area contributed by atoms with Gasteiger partial charge in [0.25, 0.3) is 0 Å². The number of Topliss-reactive ketones (excluding diaryl/α,β-unsaturated/α-hetero) is 1. The third kappa shape index (κ3) is 13.9. The monoisotopic (exact) mass is 627 g/mol. The number of hydrogen-bond donors (Lipinski definition) is 1. The van der Waals surface area contributed by atoms with Crippen LogP contribution in [0.1, 0.15) is 52.8 Å². The summed E-state index contributed by atoms with van der Waals surface area (Å²) in [4.78, 5) is 52.1. The molecule has 1 heterocycles. The number of ether oxygens (including phenoxy) is 3. The average Bonchev–Trinajstić information content (AvgIpc) is 2.82. The van der Waals surface area contributed by atoms with Crippen LogP contribution in [-0.4, -0.2) is 82.2 Å². The Kier molecular flexibility index (Phi) is 13.5. The van der Waals surface area contributed by atoms with Gasteiger partial charge in [-0.2, -0.15) is 0 Å². The van der Waals surface area contributed by atoms with Crippen molar-refractivity contribution in [2.75, 3.05) is 27.2 Å². The van der Waals surface area contributed by atoms with Crippen molar-refractivity contribution in [2.24, 2.45) is 0 Å². The maximum absolute atomic E-state index is 12.3. The van der Waals surface area contributed by atoms with E-state index in [1.165, 1.54) is 19.0 Å². The van der Waals surface area contributed by atoms with Gasteiger partial charge in [-0.25, -0.2) is 9.59 Å². The van der Waals surface area contributed by atoms with Gasteiger partial charge in [0.1, 0.15) is 34.3 Å². The zero-order valence-corrected chi connectivity index (χ0v) is 26.9. The van der Waals surface area contributed by atoms with Crippen molar-refractivity contribution in [1.29, 1.82) is 0 Å². The molecule has 1 N–H and O–H groups in total. The number of nitrogens with zero attached hydrogens (tertiary/aromatic N) is 3. The molecule has 0 unspecified atom stereocenters. The molecule has 0 atom stereocenters. The van der Waals surface area contributed by atoms with Gasteiger partial charge in [-0.05, 0) is 66.2 Å². The molecule has 2 aromatic rings. The number of carboxylic acids is 1. The Labute approximate surface area is 256 Å². The van der Waals surface area contributed by atoms with Crippen LogP contribution in [0.25, 0.3) is 0 Å². The second-order valence-corrected chi connectivity index (χ2v) is 12.1. The van der Waals surface area contributed by atoms with Gasteiger partial charge in [-0.3, -0.25) is 14.6 Å². The van der Waals surface area contributed by atoms with Crippen molar-refractivity contribution in [3.8, 4) is 11.5 Å². The number of amides is 2. The molecule has 0 aliphatic rings. The summed E-state index contributed by atoms with van der Waals surface area (Å²) in [6.07, 6.45) is 0.406. The molecular formula is C29H39Cl2N3O8. The van der Waals surface area contributed by atoms with Crippen LogP contribution in [0.3, 0.4) is 0 Å². The largest absolute Gasteiger partial charge is 0.480 e. The topological polar surface area (TPSA) is 136 Å². The first-order chi connectivity index (χ1) is 19.2. The molecule has 2 amide bonds. The highest BCUT2D eigenvalue weighted by atomic mass is 35.5. The zero-order valence-electron chi connectivity index (χ0n) is 25.4. The summed E-state index contributed by atoms with van der Waals surface area (Å²) in [7, 11) is 2.89. The molecule has 11 nitrogen and oxygen atoms in total. The Hall–Kier alpha value is -3.57. The molecule has 1 aromatic heterocycles. The SMILES string of the molecule is CN(CC(=O)O)C(=O)OC(C)(C)C.Cc1ccc(Oc2ccnc(CC(=O)CN(C)C(=O)OC(C)(C)C)c2)c(Cl)c1Cl. The van der Waals surface area contributed by atoms with Gasteiger partial charge in [0.15, 0.2) is 5.78 Å². The molecular weight excluding hydrogens is 589 g/mol. The molecule has 13 heteroatoms. The van der Waals surface area contributed by atoms with Crippen LogP contribution < -0.4 is 4.74 Å². The Morgan fingerprint density at radius 2 is 1.38 bits per heavy atom. The van der Waals surface area contributed by atoms with Crippen LogP contribution >= 0.6 is 23.2 Å². The number of aliphatic carboxylic acids is 1. The first kappa shape index (κ1) is 36.5. The highest BCUT2D eigenvalue weighted by Crippen LogP contribution is 2.36. The van der Waals surface area contributed by atoms with E-state index in [1.807, 2.05) is 13.0 Å². The number of ketones is 1. The van der Waals surface area contributed by atoms with E-state index in [-0.39, 0.29) is 25.3 Å². The normalized spacial score (nSPS) is 11.0. The number of carbonyl (C=O) groups excluding carboxylic acids is 3. The molecule has 42 heavy (non-hydrogen) atoms. The maximum atomic E-state index is 12.3. The highest BCUT2D eigenvalue weighted by molar-refractivity contribution is 6.43. The number of hydrogen-bond acceptors (Lipinski definition) is 8. The zero-order chi connectivity index (χ0) is 32.4. The summed E-state index contributed by atoms with van der Waals surface area (Å²) in [5.41, 5.74) is 0.143. The van der Waals surface area contributed by atoms with Crippen molar-refractivity contribution in [1.82, 2.24) is 14.8 Å². The van der Waals surface area contributed by atoms with Gasteiger partial charge in [0.05, 0.1) is 23.7 Å². The minimum Gasteiger partial charge on any atom is -0.480 e. The van der Waals surface area contributed by atoms with Crippen molar-refractivity contribution in [3.63, 3.8) is 0 Å². The highest BCUT2D eigenvalue weighted by Gasteiger charge is 2.22. The molecule has 0 aliphatic heterocycles. The average molecular weight is 629 g/mol. The van der Waals surface area contributed by atoms with E-state index in [0.29, 0.717) is 27.2 Å². The number of aryl methyl sites for hydroxylation is 1. The van der Waals surface area contributed by atoms with Gasteiger partial charge >= 0.3 is 18.2 Å². The smallest absolute Gasteiger partial charge is 0.410 e. The van der Waals surface area contributed by atoms with Crippen molar-refractivity contribution in [3.05, 3.63) is 51.8 Å². The fraction of sp³-hybridized carbons (Fsp3) is 0.483. The molecule has 2 rings (SSSR count). The molecule has 0 saturated heterocycles. The number of benzene rings is 1. The molecule has 0 bridgehead atoms. The minimum atomic E-state index is -1.06. The van der Waals surface area contributed by atoms with Gasteiger partial charge in [-0.15, -0.1) is 0 Å². The van der Waals surface area contributed by atoms with Gasteiger partial charge in [-0.1, -0.05) is 29.3 Å². The Balaban J connectivity index is 0.000000572. The maximum Gasteiger partial charge on any atom is 0.410 e. The lowest BCUT2D eigenvalue weighted by molar-refractivity contribution is -0.138. The predicted molar refractivity (Wildman–Crippen MR) is 160 cm³/mol. The van der Waals surface area contributed by atoms with E-state index in [2.05, 4.69) is 4.98 Å². The van der Waals surface area contributed by atoms with E-state index in [4.69, 9.17) is 42.5 Å². The molecule has 0 spiro atoms. The summed E-state index contributed by atoms with van der Waals surface area (Å²) < 4.78 is 16.0. The van der Waals surface area contributed by atoms with Gasteiger partial charge < -0.3 is 29.1 Å².